The number of aliphatic hydroxyl groups is 2. The van der Waals surface area contributed by atoms with Gasteiger partial charge in [0.15, 0.2) is 0 Å². The van der Waals surface area contributed by atoms with E-state index in [4.69, 9.17) is 0 Å². The summed E-state index contributed by atoms with van der Waals surface area (Å²) in [5, 5.41) is 21.8. The van der Waals surface area contributed by atoms with E-state index in [0.717, 1.165) is 49.4 Å². The topological polar surface area (TPSA) is 40.5 Å². The van der Waals surface area contributed by atoms with Crippen LogP contribution in [0, 0.1) is 46.3 Å². The average Bonchev–Trinajstić information content (AvgIpc) is 3.09. The van der Waals surface area contributed by atoms with Gasteiger partial charge in [0.1, 0.15) is 0 Å². The zero-order valence-electron chi connectivity index (χ0n) is 20.4. The summed E-state index contributed by atoms with van der Waals surface area (Å²) in [4.78, 5) is 0. The summed E-state index contributed by atoms with van der Waals surface area (Å²) in [7, 11) is 0. The predicted octanol–water partition coefficient (Wildman–Crippen LogP) is 6.75. The summed E-state index contributed by atoms with van der Waals surface area (Å²) in [6.45, 7) is 11.7. The smallest absolute Gasteiger partial charge is 0.0648 e. The van der Waals surface area contributed by atoms with Gasteiger partial charge in [0.2, 0.25) is 0 Å². The molecule has 0 aromatic carbocycles. The fourth-order valence-corrected chi connectivity index (χ4v) is 9.31. The van der Waals surface area contributed by atoms with Crippen LogP contribution in [0.15, 0.2) is 12.2 Å². The summed E-state index contributed by atoms with van der Waals surface area (Å²) in [6.07, 6.45) is 17.2. The molecule has 0 aliphatic heterocycles. The molecule has 0 bridgehead atoms. The van der Waals surface area contributed by atoms with Crippen molar-refractivity contribution in [2.75, 3.05) is 0 Å². The van der Waals surface area contributed by atoms with Crippen LogP contribution >= 0.6 is 0 Å². The minimum atomic E-state index is -0.392. The lowest BCUT2D eigenvalue weighted by Crippen LogP contribution is -2.56. The van der Waals surface area contributed by atoms with E-state index in [1.165, 1.54) is 44.9 Å². The second kappa shape index (κ2) is 8.22. The van der Waals surface area contributed by atoms with E-state index in [0.29, 0.717) is 22.7 Å². The van der Waals surface area contributed by atoms with E-state index in [1.807, 2.05) is 0 Å². The Balaban J connectivity index is 1.51. The minimum Gasteiger partial charge on any atom is -0.393 e. The quantitative estimate of drug-likeness (QED) is 0.487. The number of allylic oxidation sites excluding steroid dienone is 1. The lowest BCUT2D eigenvalue weighted by atomic mass is 9.43. The molecule has 30 heavy (non-hydrogen) atoms. The average molecular weight is 417 g/mol. The van der Waals surface area contributed by atoms with Crippen molar-refractivity contribution < 1.29 is 10.2 Å². The van der Waals surface area contributed by atoms with Crippen LogP contribution in [0.25, 0.3) is 0 Å². The normalized spacial score (nSPS) is 50.6. The summed E-state index contributed by atoms with van der Waals surface area (Å²) in [5.74, 6) is 4.38. The molecule has 0 aromatic rings. The first kappa shape index (κ1) is 22.8. The van der Waals surface area contributed by atoms with Crippen molar-refractivity contribution in [1.82, 2.24) is 0 Å². The molecule has 10 atom stereocenters. The Labute approximate surface area is 185 Å². The highest BCUT2D eigenvalue weighted by Crippen LogP contribution is 2.69. The van der Waals surface area contributed by atoms with Crippen LogP contribution in [-0.2, 0) is 0 Å². The molecular weight excluding hydrogens is 368 g/mol. The lowest BCUT2D eigenvalue weighted by Gasteiger charge is -2.62. The molecule has 2 N–H and O–H groups in total. The van der Waals surface area contributed by atoms with Crippen molar-refractivity contribution in [3.05, 3.63) is 12.2 Å². The Morgan fingerprint density at radius 3 is 2.40 bits per heavy atom. The lowest BCUT2D eigenvalue weighted by molar-refractivity contribution is -0.154. The Hall–Kier alpha value is -0.340. The van der Waals surface area contributed by atoms with Crippen LogP contribution in [-0.4, -0.2) is 21.9 Å². The Kier molecular flexibility index (Phi) is 6.26. The molecule has 0 radical (unpaired) electrons. The molecule has 172 valence electrons. The number of hydrogen-bond acceptors (Lipinski definition) is 2. The molecule has 4 saturated carbocycles. The van der Waals surface area contributed by atoms with Crippen LogP contribution in [0.3, 0.4) is 0 Å². The van der Waals surface area contributed by atoms with Crippen LogP contribution < -0.4 is 0 Å². The summed E-state index contributed by atoms with van der Waals surface area (Å²) >= 11 is 0. The van der Waals surface area contributed by atoms with Gasteiger partial charge in [-0.3, -0.25) is 0 Å². The second-order valence-electron chi connectivity index (χ2n) is 12.4. The number of rotatable bonds is 5. The molecule has 0 saturated heterocycles. The Morgan fingerprint density at radius 2 is 1.70 bits per heavy atom. The van der Waals surface area contributed by atoms with Crippen molar-refractivity contribution in [2.24, 2.45) is 46.3 Å². The van der Waals surface area contributed by atoms with Crippen LogP contribution in [0.2, 0.25) is 0 Å². The highest BCUT2D eigenvalue weighted by Gasteiger charge is 2.61. The maximum Gasteiger partial charge on any atom is 0.0648 e. The number of aliphatic hydroxyl groups excluding tert-OH is 1. The van der Waals surface area contributed by atoms with Gasteiger partial charge in [-0.05, 0) is 124 Å². The Morgan fingerprint density at radius 1 is 0.967 bits per heavy atom. The molecule has 0 aromatic heterocycles. The molecule has 4 aliphatic rings. The van der Waals surface area contributed by atoms with Gasteiger partial charge in [-0.25, -0.2) is 0 Å². The molecule has 0 amide bonds. The third-order valence-electron chi connectivity index (χ3n) is 11.4. The van der Waals surface area contributed by atoms with E-state index in [9.17, 15) is 10.2 Å². The van der Waals surface area contributed by atoms with Crippen LogP contribution in [0.1, 0.15) is 105 Å². The first-order valence-electron chi connectivity index (χ1n) is 13.2. The monoisotopic (exact) mass is 416 g/mol. The summed E-state index contributed by atoms with van der Waals surface area (Å²) in [6, 6.07) is 0. The van der Waals surface area contributed by atoms with Gasteiger partial charge in [-0.15, -0.1) is 0 Å². The van der Waals surface area contributed by atoms with Gasteiger partial charge < -0.3 is 10.2 Å². The van der Waals surface area contributed by atoms with Gasteiger partial charge in [-0.2, -0.15) is 0 Å². The first-order chi connectivity index (χ1) is 14.2. The van der Waals surface area contributed by atoms with Gasteiger partial charge in [0.25, 0.3) is 0 Å². The van der Waals surface area contributed by atoms with Gasteiger partial charge in [0, 0.05) is 0 Å². The standard InChI is InChI=1S/C28H48O2/c1-6-8-9-25(29)19(3)22-12-13-23-21-11-10-20-18-28(30,7-2)17-16-26(20,4)24(21)14-15-27(22,23)5/h6,8,19-25,29-30H,7,9-18H2,1-5H3/b8-6+/t19-,20-,21-,22+,23-,24-,25+,26-,27+,28-/m0/s1. The largest absolute Gasteiger partial charge is 0.393 e. The molecule has 2 nitrogen and oxygen atoms in total. The van der Waals surface area contributed by atoms with E-state index in [2.05, 4.69) is 46.8 Å². The molecule has 2 heteroatoms. The van der Waals surface area contributed by atoms with E-state index in [1.54, 1.807) is 0 Å². The maximum absolute atomic E-state index is 11.0. The summed E-state index contributed by atoms with van der Waals surface area (Å²) < 4.78 is 0. The highest BCUT2D eigenvalue weighted by molar-refractivity contribution is 5.11. The van der Waals surface area contributed by atoms with Gasteiger partial charge >= 0.3 is 0 Å². The second-order valence-corrected chi connectivity index (χ2v) is 12.4. The summed E-state index contributed by atoms with van der Waals surface area (Å²) in [5.41, 5.74) is 0.470. The zero-order valence-corrected chi connectivity index (χ0v) is 20.4. The zero-order chi connectivity index (χ0) is 21.7. The van der Waals surface area contributed by atoms with E-state index in [-0.39, 0.29) is 6.10 Å². The third kappa shape index (κ3) is 3.53. The molecule has 0 heterocycles. The van der Waals surface area contributed by atoms with Crippen molar-refractivity contribution in [3.8, 4) is 0 Å². The van der Waals surface area contributed by atoms with Gasteiger partial charge in [-0.1, -0.05) is 39.8 Å². The number of fused-ring (bicyclic) bond motifs is 5. The molecule has 4 rings (SSSR count). The first-order valence-corrected chi connectivity index (χ1v) is 13.2. The number of hydrogen-bond donors (Lipinski definition) is 2. The SMILES string of the molecule is C/C=C/C[C@@H](O)[C@@H](C)[C@H]1CC[C@H]2[C@@H]3CC[C@H]4C[C@](O)(CC)CC[C@]4(C)[C@H]3CC[C@]12C. The Bertz CT molecular complexity index is 643. The molecular formula is C28H48O2. The van der Waals surface area contributed by atoms with Crippen molar-refractivity contribution in [2.45, 2.75) is 117 Å². The third-order valence-corrected chi connectivity index (χ3v) is 11.4. The fraction of sp³-hybridized carbons (Fsp3) is 0.929. The highest BCUT2D eigenvalue weighted by atomic mass is 16.3. The van der Waals surface area contributed by atoms with Crippen molar-refractivity contribution in [3.63, 3.8) is 0 Å². The maximum atomic E-state index is 11.0. The van der Waals surface area contributed by atoms with E-state index < -0.39 is 5.60 Å². The minimum absolute atomic E-state index is 0.196. The molecule has 4 aliphatic carbocycles. The molecule has 0 spiro atoms. The molecule has 4 fully saturated rings. The van der Waals surface area contributed by atoms with Crippen LogP contribution in [0.5, 0.6) is 0 Å². The van der Waals surface area contributed by atoms with Crippen molar-refractivity contribution >= 4 is 0 Å². The van der Waals surface area contributed by atoms with Gasteiger partial charge in [0.05, 0.1) is 11.7 Å². The molecule has 0 unspecified atom stereocenters. The predicted molar refractivity (Wildman–Crippen MR) is 125 cm³/mol. The van der Waals surface area contributed by atoms with Crippen molar-refractivity contribution in [1.29, 1.82) is 0 Å². The van der Waals surface area contributed by atoms with Crippen LogP contribution in [0.4, 0.5) is 0 Å². The fourth-order valence-electron chi connectivity index (χ4n) is 9.31. The van der Waals surface area contributed by atoms with E-state index >= 15 is 0 Å².